The van der Waals surface area contributed by atoms with Crippen molar-refractivity contribution < 1.29 is 4.79 Å². The van der Waals surface area contributed by atoms with Gasteiger partial charge >= 0.3 is 0 Å². The second-order valence-corrected chi connectivity index (χ2v) is 6.90. The highest BCUT2D eigenvalue weighted by atomic mass is 16.2. The average molecular weight is 326 g/mol. The van der Waals surface area contributed by atoms with Crippen LogP contribution in [0.25, 0.3) is 5.69 Å². The molecule has 7 heteroatoms. The third-order valence-electron chi connectivity index (χ3n) is 5.58. The van der Waals surface area contributed by atoms with Crippen LogP contribution in [-0.4, -0.2) is 49.4 Å². The Balaban J connectivity index is 1.75. The quantitative estimate of drug-likeness (QED) is 0.914. The fourth-order valence-electron chi connectivity index (χ4n) is 4.10. The molecule has 24 heavy (non-hydrogen) atoms. The number of hydrogen-bond donors (Lipinski definition) is 1. The molecule has 126 valence electrons. The van der Waals surface area contributed by atoms with Gasteiger partial charge in [0, 0.05) is 24.3 Å². The molecule has 1 amide bonds. The maximum absolute atomic E-state index is 13.4. The number of piperidine rings is 2. The summed E-state index contributed by atoms with van der Waals surface area (Å²) in [7, 11) is 0. The van der Waals surface area contributed by atoms with E-state index in [1.54, 1.807) is 12.4 Å². The summed E-state index contributed by atoms with van der Waals surface area (Å²) >= 11 is 0. The SMILES string of the molecule is Cc1ccc(-n2nccn2)c(C(=O)N2C3CC(C3)[C@@H](C)C2CN)n1. The molecule has 2 bridgehead atoms. The van der Waals surface area contributed by atoms with E-state index in [0.717, 1.165) is 18.5 Å². The van der Waals surface area contributed by atoms with E-state index >= 15 is 0 Å². The molecule has 1 aliphatic carbocycles. The van der Waals surface area contributed by atoms with Crippen LogP contribution in [-0.2, 0) is 0 Å². The van der Waals surface area contributed by atoms with E-state index < -0.39 is 0 Å². The van der Waals surface area contributed by atoms with Gasteiger partial charge in [0.15, 0.2) is 5.69 Å². The van der Waals surface area contributed by atoms with Crippen molar-refractivity contribution in [2.45, 2.75) is 38.8 Å². The predicted octanol–water partition coefficient (Wildman–Crippen LogP) is 1.17. The summed E-state index contributed by atoms with van der Waals surface area (Å²) in [4.78, 5) is 21.3. The van der Waals surface area contributed by atoms with E-state index in [-0.39, 0.29) is 18.0 Å². The largest absolute Gasteiger partial charge is 0.330 e. The second-order valence-electron chi connectivity index (χ2n) is 6.90. The van der Waals surface area contributed by atoms with Crippen LogP contribution in [0, 0.1) is 18.8 Å². The summed E-state index contributed by atoms with van der Waals surface area (Å²) in [6.45, 7) is 4.58. The maximum atomic E-state index is 13.4. The molecule has 5 rings (SSSR count). The average Bonchev–Trinajstić information content (AvgIpc) is 3.06. The van der Waals surface area contributed by atoms with Crippen LogP contribution >= 0.6 is 0 Å². The summed E-state index contributed by atoms with van der Waals surface area (Å²) in [5.74, 6) is 1.07. The molecule has 2 aliphatic heterocycles. The number of nitrogens with zero attached hydrogens (tertiary/aromatic N) is 5. The number of amides is 1. The van der Waals surface area contributed by atoms with Crippen LogP contribution in [0.15, 0.2) is 24.5 Å². The van der Waals surface area contributed by atoms with Gasteiger partial charge in [0.05, 0.1) is 12.4 Å². The summed E-state index contributed by atoms with van der Waals surface area (Å²) in [5.41, 5.74) is 7.82. The van der Waals surface area contributed by atoms with Crippen molar-refractivity contribution in [3.63, 3.8) is 0 Å². The fourth-order valence-corrected chi connectivity index (χ4v) is 4.10. The minimum absolute atomic E-state index is 0.0588. The molecule has 3 aliphatic rings. The highest BCUT2D eigenvalue weighted by molar-refractivity contribution is 5.96. The Bertz CT molecular complexity index is 752. The van der Waals surface area contributed by atoms with E-state index in [4.69, 9.17) is 5.73 Å². The van der Waals surface area contributed by atoms with Gasteiger partial charge in [-0.1, -0.05) is 6.92 Å². The van der Waals surface area contributed by atoms with Gasteiger partial charge < -0.3 is 10.6 Å². The number of pyridine rings is 1. The van der Waals surface area contributed by atoms with Crippen molar-refractivity contribution in [3.05, 3.63) is 35.9 Å². The molecule has 2 aromatic rings. The standard InChI is InChI=1S/C17H22N6O/c1-10-3-4-14(23-19-5-6-20-23)16(21-10)17(24)22-13-7-12(8-13)11(2)15(22)9-18/h3-6,11-13,15H,7-9,18H2,1-2H3/t11-,12?,13?,15?/m1/s1. The van der Waals surface area contributed by atoms with Gasteiger partial charge in [0.2, 0.25) is 0 Å². The van der Waals surface area contributed by atoms with Gasteiger partial charge in [0.25, 0.3) is 5.91 Å². The molecule has 0 spiro atoms. The molecular formula is C17H22N6O. The number of rotatable bonds is 3. The first kappa shape index (κ1) is 15.3. The first-order chi connectivity index (χ1) is 11.6. The predicted molar refractivity (Wildman–Crippen MR) is 88.6 cm³/mol. The maximum Gasteiger partial charge on any atom is 0.275 e. The summed E-state index contributed by atoms with van der Waals surface area (Å²) in [5, 5.41) is 8.31. The summed E-state index contributed by atoms with van der Waals surface area (Å²) in [6, 6.07) is 4.08. The van der Waals surface area contributed by atoms with Crippen molar-refractivity contribution in [2.24, 2.45) is 17.6 Å². The van der Waals surface area contributed by atoms with Crippen molar-refractivity contribution in [3.8, 4) is 5.69 Å². The Labute approximate surface area is 140 Å². The number of hydrogen-bond acceptors (Lipinski definition) is 5. The molecule has 0 radical (unpaired) electrons. The van der Waals surface area contributed by atoms with Gasteiger partial charge in [-0.15, -0.1) is 4.80 Å². The Kier molecular flexibility index (Phi) is 3.60. The van der Waals surface area contributed by atoms with Crippen molar-refractivity contribution >= 4 is 5.91 Å². The minimum atomic E-state index is -0.0588. The van der Waals surface area contributed by atoms with Crippen molar-refractivity contribution in [1.82, 2.24) is 24.9 Å². The number of carbonyl (C=O) groups excluding carboxylic acids is 1. The third kappa shape index (κ3) is 2.23. The molecular weight excluding hydrogens is 304 g/mol. The van der Waals surface area contributed by atoms with Gasteiger partial charge in [-0.2, -0.15) is 10.2 Å². The van der Waals surface area contributed by atoms with Crippen LogP contribution in [0.5, 0.6) is 0 Å². The minimum Gasteiger partial charge on any atom is -0.330 e. The lowest BCUT2D eigenvalue weighted by molar-refractivity contribution is -0.0517. The number of carbonyl (C=O) groups is 1. The van der Waals surface area contributed by atoms with Gasteiger partial charge in [-0.05, 0) is 43.7 Å². The van der Waals surface area contributed by atoms with E-state index in [9.17, 15) is 4.79 Å². The highest BCUT2D eigenvalue weighted by Crippen LogP contribution is 2.46. The number of aromatic nitrogens is 4. The van der Waals surface area contributed by atoms with E-state index in [1.807, 2.05) is 24.0 Å². The topological polar surface area (TPSA) is 89.9 Å². The monoisotopic (exact) mass is 326 g/mol. The van der Waals surface area contributed by atoms with Crippen LogP contribution in [0.2, 0.25) is 0 Å². The highest BCUT2D eigenvalue weighted by Gasteiger charge is 2.50. The second kappa shape index (κ2) is 5.66. The Morgan fingerprint density at radius 3 is 2.67 bits per heavy atom. The van der Waals surface area contributed by atoms with Crippen molar-refractivity contribution in [2.75, 3.05) is 6.54 Å². The number of nitrogens with two attached hydrogens (primary N) is 1. The first-order valence-corrected chi connectivity index (χ1v) is 8.47. The molecule has 2 saturated heterocycles. The zero-order valence-corrected chi connectivity index (χ0v) is 14.0. The summed E-state index contributed by atoms with van der Waals surface area (Å²) in [6.07, 6.45) is 5.34. The fraction of sp³-hybridized carbons (Fsp3) is 0.529. The molecule has 4 heterocycles. The molecule has 1 saturated carbocycles. The Hall–Kier alpha value is -2.28. The normalized spacial score (nSPS) is 28.5. The lowest BCUT2D eigenvalue weighted by atomic mass is 9.64. The van der Waals surface area contributed by atoms with Gasteiger partial charge in [-0.25, -0.2) is 4.98 Å². The smallest absolute Gasteiger partial charge is 0.275 e. The first-order valence-electron chi connectivity index (χ1n) is 8.47. The number of aryl methyl sites for hydroxylation is 1. The molecule has 1 unspecified atom stereocenters. The van der Waals surface area contributed by atoms with Crippen LogP contribution < -0.4 is 5.73 Å². The zero-order chi connectivity index (χ0) is 16.8. The van der Waals surface area contributed by atoms with Crippen LogP contribution in [0.4, 0.5) is 0 Å². The third-order valence-corrected chi connectivity index (χ3v) is 5.58. The number of fused-ring (bicyclic) bond motifs is 2. The van der Waals surface area contributed by atoms with Crippen LogP contribution in [0.3, 0.4) is 0 Å². The van der Waals surface area contributed by atoms with E-state index in [0.29, 0.717) is 29.8 Å². The lowest BCUT2D eigenvalue weighted by Crippen LogP contribution is -2.65. The summed E-state index contributed by atoms with van der Waals surface area (Å²) < 4.78 is 0. The molecule has 7 nitrogen and oxygen atoms in total. The van der Waals surface area contributed by atoms with E-state index in [2.05, 4.69) is 22.1 Å². The van der Waals surface area contributed by atoms with Crippen LogP contribution in [0.1, 0.15) is 35.9 Å². The molecule has 3 fully saturated rings. The molecule has 2 N–H and O–H groups in total. The zero-order valence-electron chi connectivity index (χ0n) is 14.0. The lowest BCUT2D eigenvalue weighted by Gasteiger charge is -2.57. The Morgan fingerprint density at radius 2 is 2.00 bits per heavy atom. The molecule has 2 aromatic heterocycles. The molecule has 2 atom stereocenters. The van der Waals surface area contributed by atoms with Gasteiger partial charge in [-0.3, -0.25) is 4.79 Å². The van der Waals surface area contributed by atoms with Crippen molar-refractivity contribution in [1.29, 1.82) is 0 Å². The molecule has 0 aromatic carbocycles. The van der Waals surface area contributed by atoms with Gasteiger partial charge in [0.1, 0.15) is 5.69 Å². The van der Waals surface area contributed by atoms with E-state index in [1.165, 1.54) is 4.80 Å². The Morgan fingerprint density at radius 1 is 1.29 bits per heavy atom.